The topological polar surface area (TPSA) is 83.3 Å². The van der Waals surface area contributed by atoms with E-state index in [4.69, 9.17) is 4.98 Å². The first-order valence-electron chi connectivity index (χ1n) is 12.1. The van der Waals surface area contributed by atoms with Gasteiger partial charge in [-0.1, -0.05) is 31.6 Å². The molecule has 3 saturated carbocycles. The van der Waals surface area contributed by atoms with Crippen LogP contribution >= 0.6 is 0 Å². The van der Waals surface area contributed by atoms with Gasteiger partial charge in [-0.05, 0) is 79.9 Å². The second-order valence-electron chi connectivity index (χ2n) is 11.2. The van der Waals surface area contributed by atoms with Gasteiger partial charge in [0.2, 0.25) is 0 Å². The van der Waals surface area contributed by atoms with Crippen LogP contribution in [0.4, 0.5) is 0 Å². The fourth-order valence-electron chi connectivity index (χ4n) is 8.27. The average Bonchev–Trinajstić information content (AvgIpc) is 3.05. The first kappa shape index (κ1) is 20.5. The van der Waals surface area contributed by atoms with Gasteiger partial charge in [0.1, 0.15) is 5.60 Å². The van der Waals surface area contributed by atoms with Crippen LogP contribution in [0.15, 0.2) is 42.1 Å². The van der Waals surface area contributed by atoms with E-state index in [0.29, 0.717) is 36.8 Å². The third-order valence-electron chi connectivity index (χ3n) is 9.92. The molecule has 0 spiro atoms. The van der Waals surface area contributed by atoms with Crippen molar-refractivity contribution in [3.05, 3.63) is 47.8 Å². The van der Waals surface area contributed by atoms with Crippen LogP contribution in [0, 0.1) is 28.6 Å². The molecule has 1 aromatic heterocycles. The largest absolute Gasteiger partial charge is 0.393 e. The van der Waals surface area contributed by atoms with Gasteiger partial charge in [0.15, 0.2) is 5.78 Å². The standard InChI is InChI=1S/C27H32N2O3/c1-25-11-9-17(30)13-16(25)7-8-18-19-10-12-27(32,26(19,2)14-22(31)24(18)25)23-15-28-20-5-3-4-6-21(20)29-23/h3-6,13,15,18-19,22,24,31-32H,7-12,14H2,1-2H3/t18-,19-,22-,24+,25-,26-,27-/m0/s1. The molecule has 0 bridgehead atoms. The predicted octanol–water partition coefficient (Wildman–Crippen LogP) is 4.32. The van der Waals surface area contributed by atoms with Crippen molar-refractivity contribution in [2.24, 2.45) is 28.6 Å². The summed E-state index contributed by atoms with van der Waals surface area (Å²) < 4.78 is 0. The number of aliphatic hydroxyl groups excluding tert-OH is 1. The summed E-state index contributed by atoms with van der Waals surface area (Å²) >= 11 is 0. The van der Waals surface area contributed by atoms with E-state index < -0.39 is 17.1 Å². The van der Waals surface area contributed by atoms with E-state index in [2.05, 4.69) is 18.8 Å². The minimum absolute atomic E-state index is 0.110. The first-order chi connectivity index (χ1) is 15.3. The number of rotatable bonds is 1. The minimum atomic E-state index is -1.10. The van der Waals surface area contributed by atoms with Crippen LogP contribution in [0.5, 0.6) is 0 Å². The zero-order valence-electron chi connectivity index (χ0n) is 18.9. The number of hydrogen-bond acceptors (Lipinski definition) is 5. The molecule has 0 amide bonds. The maximum Gasteiger partial charge on any atom is 0.155 e. The Bertz CT molecular complexity index is 1140. The van der Waals surface area contributed by atoms with Crippen molar-refractivity contribution in [3.63, 3.8) is 0 Å². The Morgan fingerprint density at radius 3 is 2.66 bits per heavy atom. The first-order valence-corrected chi connectivity index (χ1v) is 12.1. The van der Waals surface area contributed by atoms with Crippen molar-refractivity contribution < 1.29 is 15.0 Å². The highest BCUT2D eigenvalue weighted by atomic mass is 16.3. The maximum atomic E-state index is 12.1. The van der Waals surface area contributed by atoms with Crippen molar-refractivity contribution in [1.29, 1.82) is 0 Å². The zero-order chi connectivity index (χ0) is 22.3. The molecule has 0 saturated heterocycles. The number of carbonyl (C=O) groups is 1. The summed E-state index contributed by atoms with van der Waals surface area (Å²) in [4.78, 5) is 21.5. The van der Waals surface area contributed by atoms with Crippen LogP contribution in [-0.4, -0.2) is 32.1 Å². The van der Waals surface area contributed by atoms with Gasteiger partial charge in [-0.15, -0.1) is 0 Å². The van der Waals surface area contributed by atoms with Crippen LogP contribution in [0.2, 0.25) is 0 Å². The predicted molar refractivity (Wildman–Crippen MR) is 122 cm³/mol. The number of para-hydroxylation sites is 2. The summed E-state index contributed by atoms with van der Waals surface area (Å²) in [6, 6.07) is 7.77. The highest BCUT2D eigenvalue weighted by Crippen LogP contribution is 2.69. The second-order valence-corrected chi connectivity index (χ2v) is 11.2. The lowest BCUT2D eigenvalue weighted by molar-refractivity contribution is -0.176. The fraction of sp³-hybridized carbons (Fsp3) is 0.593. The molecule has 6 rings (SSSR count). The van der Waals surface area contributed by atoms with E-state index in [-0.39, 0.29) is 17.1 Å². The molecule has 0 radical (unpaired) electrons. The van der Waals surface area contributed by atoms with E-state index >= 15 is 0 Å². The molecule has 2 N–H and O–H groups in total. The normalized spacial score (nSPS) is 43.4. The molecule has 32 heavy (non-hydrogen) atoms. The third-order valence-corrected chi connectivity index (χ3v) is 9.92. The van der Waals surface area contributed by atoms with Gasteiger partial charge in [0.05, 0.1) is 29.0 Å². The lowest BCUT2D eigenvalue weighted by atomic mass is 9.45. The zero-order valence-corrected chi connectivity index (χ0v) is 18.9. The lowest BCUT2D eigenvalue weighted by Gasteiger charge is -2.60. The van der Waals surface area contributed by atoms with Crippen molar-refractivity contribution in [3.8, 4) is 0 Å². The molecule has 5 nitrogen and oxygen atoms in total. The van der Waals surface area contributed by atoms with E-state index in [9.17, 15) is 15.0 Å². The summed E-state index contributed by atoms with van der Waals surface area (Å²) in [5.74, 6) is 1.06. The molecule has 4 aliphatic rings. The number of aromatic nitrogens is 2. The van der Waals surface area contributed by atoms with E-state index in [1.807, 2.05) is 30.3 Å². The maximum absolute atomic E-state index is 12.1. The van der Waals surface area contributed by atoms with Crippen molar-refractivity contribution in [1.82, 2.24) is 9.97 Å². The van der Waals surface area contributed by atoms with E-state index in [1.165, 1.54) is 5.57 Å². The van der Waals surface area contributed by atoms with Crippen LogP contribution in [0.25, 0.3) is 11.0 Å². The molecule has 1 aromatic carbocycles. The van der Waals surface area contributed by atoms with Crippen LogP contribution in [0.1, 0.15) is 64.5 Å². The lowest BCUT2D eigenvalue weighted by Crippen LogP contribution is -2.59. The van der Waals surface area contributed by atoms with Gasteiger partial charge in [-0.3, -0.25) is 9.78 Å². The number of allylic oxidation sites excluding steroid dienone is 1. The van der Waals surface area contributed by atoms with Gasteiger partial charge in [-0.2, -0.15) is 0 Å². The fourth-order valence-corrected chi connectivity index (χ4v) is 8.27. The summed E-state index contributed by atoms with van der Waals surface area (Å²) in [7, 11) is 0. The second kappa shape index (κ2) is 6.71. The van der Waals surface area contributed by atoms with Crippen molar-refractivity contribution in [2.45, 2.75) is 70.5 Å². The number of aliphatic hydroxyl groups is 2. The summed E-state index contributed by atoms with van der Waals surface area (Å²) in [5.41, 5.74) is 1.85. The van der Waals surface area contributed by atoms with Gasteiger partial charge in [-0.25, -0.2) is 4.98 Å². The summed E-state index contributed by atoms with van der Waals surface area (Å²) in [5, 5.41) is 23.7. The highest BCUT2D eigenvalue weighted by molar-refractivity contribution is 5.91. The smallest absolute Gasteiger partial charge is 0.155 e. The van der Waals surface area contributed by atoms with E-state index in [0.717, 1.165) is 36.7 Å². The highest BCUT2D eigenvalue weighted by Gasteiger charge is 2.67. The van der Waals surface area contributed by atoms with Crippen LogP contribution < -0.4 is 0 Å². The number of benzene rings is 1. The van der Waals surface area contributed by atoms with Crippen molar-refractivity contribution in [2.75, 3.05) is 0 Å². The van der Waals surface area contributed by atoms with Crippen LogP contribution in [0.3, 0.4) is 0 Å². The Morgan fingerprint density at radius 1 is 1.06 bits per heavy atom. The Morgan fingerprint density at radius 2 is 1.84 bits per heavy atom. The third kappa shape index (κ3) is 2.55. The Balaban J connectivity index is 1.40. The number of nitrogens with zero attached hydrogens (tertiary/aromatic N) is 2. The summed E-state index contributed by atoms with van der Waals surface area (Å²) in [6.07, 6.45) is 8.57. The van der Waals surface area contributed by atoms with Gasteiger partial charge in [0, 0.05) is 11.8 Å². The molecule has 4 aliphatic carbocycles. The molecule has 5 heteroatoms. The van der Waals surface area contributed by atoms with Gasteiger partial charge in [0.25, 0.3) is 0 Å². The number of hydrogen-bond donors (Lipinski definition) is 2. The summed E-state index contributed by atoms with van der Waals surface area (Å²) in [6.45, 7) is 4.43. The number of ketones is 1. The van der Waals surface area contributed by atoms with E-state index in [1.54, 1.807) is 6.20 Å². The Labute approximate surface area is 189 Å². The molecule has 7 atom stereocenters. The molecular formula is C27H32N2O3. The molecular weight excluding hydrogens is 400 g/mol. The van der Waals surface area contributed by atoms with Gasteiger partial charge >= 0.3 is 0 Å². The molecule has 168 valence electrons. The Hall–Kier alpha value is -2.11. The molecule has 2 aromatic rings. The van der Waals surface area contributed by atoms with Crippen LogP contribution in [-0.2, 0) is 10.4 Å². The quantitative estimate of drug-likeness (QED) is 0.701. The number of fused-ring (bicyclic) bond motifs is 6. The van der Waals surface area contributed by atoms with Crippen molar-refractivity contribution >= 4 is 16.8 Å². The van der Waals surface area contributed by atoms with Gasteiger partial charge < -0.3 is 10.2 Å². The number of carbonyl (C=O) groups excluding carboxylic acids is 1. The Kier molecular flexibility index (Phi) is 4.29. The molecule has 0 aliphatic heterocycles. The molecule has 1 heterocycles. The molecule has 3 fully saturated rings. The SMILES string of the molecule is C[C@]12CCC(=O)C=C1CC[C@@H]1[C@@H]2[C@@H](O)C[C@@]2(C)[C@H]1CC[C@]2(O)c1cnc2ccccc2n1. The molecule has 0 unspecified atom stereocenters. The monoisotopic (exact) mass is 432 g/mol. The minimum Gasteiger partial charge on any atom is -0.393 e. The average molecular weight is 433 g/mol.